The predicted molar refractivity (Wildman–Crippen MR) is 102 cm³/mol. The summed E-state index contributed by atoms with van der Waals surface area (Å²) in [7, 11) is 1.55. The zero-order valence-electron chi connectivity index (χ0n) is 14.0. The quantitative estimate of drug-likeness (QED) is 0.464. The molecule has 0 unspecified atom stereocenters. The van der Waals surface area contributed by atoms with Crippen molar-refractivity contribution in [3.8, 4) is 18.1 Å². The van der Waals surface area contributed by atoms with Crippen molar-refractivity contribution in [3.63, 3.8) is 0 Å². The van der Waals surface area contributed by atoms with Crippen LogP contribution in [0.15, 0.2) is 28.6 Å². The number of methoxy groups -OCH3 is 1. The number of thioether (sulfide) groups is 1. The second kappa shape index (κ2) is 8.21. The fourth-order valence-corrected chi connectivity index (χ4v) is 4.03. The third-order valence-corrected chi connectivity index (χ3v) is 5.66. The maximum absolute atomic E-state index is 12.5. The Hall–Kier alpha value is -2.57. The smallest absolute Gasteiger partial charge is 0.231 e. The Kier molecular flexibility index (Phi) is 5.75. The van der Waals surface area contributed by atoms with E-state index in [2.05, 4.69) is 21.4 Å². The summed E-state index contributed by atoms with van der Waals surface area (Å²) in [4.78, 5) is 26.4. The Balaban J connectivity index is 1.65. The van der Waals surface area contributed by atoms with Gasteiger partial charge in [0.05, 0.1) is 24.5 Å². The van der Waals surface area contributed by atoms with Crippen LogP contribution in [-0.4, -0.2) is 41.4 Å². The highest BCUT2D eigenvalue weighted by atomic mass is 32.2. The minimum absolute atomic E-state index is 0.114. The highest BCUT2D eigenvalue weighted by Crippen LogP contribution is 2.33. The molecule has 2 aromatic rings. The van der Waals surface area contributed by atoms with E-state index < -0.39 is 5.92 Å². The molecule has 1 atom stereocenters. The summed E-state index contributed by atoms with van der Waals surface area (Å²) in [5.74, 6) is 2.78. The van der Waals surface area contributed by atoms with Crippen LogP contribution in [0.3, 0.4) is 0 Å². The number of hydrogen-bond acceptors (Lipinski definition) is 7. The van der Waals surface area contributed by atoms with E-state index in [-0.39, 0.29) is 18.2 Å². The maximum Gasteiger partial charge on any atom is 0.231 e. The van der Waals surface area contributed by atoms with E-state index in [0.717, 1.165) is 0 Å². The molecule has 3 rings (SSSR count). The molecular formula is C17H16N4O3S2. The van der Waals surface area contributed by atoms with Gasteiger partial charge in [-0.3, -0.25) is 9.59 Å². The first kappa shape index (κ1) is 18.2. The second-order valence-electron chi connectivity index (χ2n) is 5.43. The number of carbonyl (C=O) groups excluding carboxylic acids is 2. The molecule has 26 heavy (non-hydrogen) atoms. The van der Waals surface area contributed by atoms with Gasteiger partial charge in [-0.1, -0.05) is 41.2 Å². The Bertz CT molecular complexity index is 862. The van der Waals surface area contributed by atoms with Gasteiger partial charge < -0.3 is 15.0 Å². The standard InChI is InChI=1S/C17H16N4O3S2/c1-3-8-25-17-20-19-16(26-17)18-15(23)11-9-14(22)21(10-11)12-6-4-5-7-13(12)24-2/h1,4-7,11H,8-10H2,2H3,(H,18,19,23)/t11-/m0/s1. The van der Waals surface area contributed by atoms with Gasteiger partial charge in [0.15, 0.2) is 4.34 Å². The predicted octanol–water partition coefficient (Wildman–Crippen LogP) is 2.26. The van der Waals surface area contributed by atoms with Gasteiger partial charge in [0.25, 0.3) is 0 Å². The van der Waals surface area contributed by atoms with Crippen LogP contribution >= 0.6 is 23.1 Å². The molecule has 0 radical (unpaired) electrons. The van der Waals surface area contributed by atoms with Crippen molar-refractivity contribution in [1.82, 2.24) is 10.2 Å². The number of para-hydroxylation sites is 2. The van der Waals surface area contributed by atoms with E-state index >= 15 is 0 Å². The van der Waals surface area contributed by atoms with Gasteiger partial charge in [-0.2, -0.15) is 0 Å². The number of amides is 2. The number of aromatic nitrogens is 2. The molecular weight excluding hydrogens is 372 g/mol. The first-order valence-corrected chi connectivity index (χ1v) is 9.56. The third-order valence-electron chi connectivity index (χ3n) is 3.79. The Morgan fingerprint density at radius 2 is 2.31 bits per heavy atom. The minimum atomic E-state index is -0.460. The lowest BCUT2D eigenvalue weighted by molar-refractivity contribution is -0.122. The van der Waals surface area contributed by atoms with Gasteiger partial charge in [-0.15, -0.1) is 16.6 Å². The topological polar surface area (TPSA) is 84.4 Å². The molecule has 7 nitrogen and oxygen atoms in total. The molecule has 2 amide bonds. The summed E-state index contributed by atoms with van der Waals surface area (Å²) in [5, 5.41) is 11.0. The van der Waals surface area contributed by atoms with E-state index in [0.29, 0.717) is 33.2 Å². The molecule has 2 heterocycles. The normalized spacial score (nSPS) is 16.4. The van der Waals surface area contributed by atoms with Crippen molar-refractivity contribution in [2.24, 2.45) is 5.92 Å². The van der Waals surface area contributed by atoms with Crippen LogP contribution in [0.5, 0.6) is 5.75 Å². The van der Waals surface area contributed by atoms with Crippen molar-refractivity contribution < 1.29 is 14.3 Å². The average Bonchev–Trinajstić information content (AvgIpc) is 3.26. The number of nitrogens with zero attached hydrogens (tertiary/aromatic N) is 3. The van der Waals surface area contributed by atoms with Crippen molar-refractivity contribution in [2.75, 3.05) is 29.6 Å². The summed E-state index contributed by atoms with van der Waals surface area (Å²) in [6, 6.07) is 7.25. The molecule has 0 bridgehead atoms. The first-order valence-electron chi connectivity index (χ1n) is 7.76. The average molecular weight is 388 g/mol. The zero-order valence-corrected chi connectivity index (χ0v) is 15.6. The fourth-order valence-electron chi connectivity index (χ4n) is 2.60. The first-order chi connectivity index (χ1) is 12.6. The van der Waals surface area contributed by atoms with E-state index in [1.54, 1.807) is 24.1 Å². The number of carbonyl (C=O) groups is 2. The number of ether oxygens (including phenoxy) is 1. The molecule has 9 heteroatoms. The van der Waals surface area contributed by atoms with Gasteiger partial charge >= 0.3 is 0 Å². The van der Waals surface area contributed by atoms with Crippen molar-refractivity contribution in [3.05, 3.63) is 24.3 Å². The number of terminal acetylenes is 1. The molecule has 0 spiro atoms. The second-order valence-corrected chi connectivity index (χ2v) is 7.63. The zero-order chi connectivity index (χ0) is 18.5. The lowest BCUT2D eigenvalue weighted by atomic mass is 10.1. The number of hydrogen-bond donors (Lipinski definition) is 1. The van der Waals surface area contributed by atoms with Crippen LogP contribution in [0.25, 0.3) is 0 Å². The molecule has 1 aromatic heterocycles. The summed E-state index contributed by atoms with van der Waals surface area (Å²) >= 11 is 2.64. The monoisotopic (exact) mass is 388 g/mol. The maximum atomic E-state index is 12.5. The summed E-state index contributed by atoms with van der Waals surface area (Å²) < 4.78 is 6.00. The van der Waals surface area contributed by atoms with E-state index in [9.17, 15) is 9.59 Å². The largest absolute Gasteiger partial charge is 0.495 e. The van der Waals surface area contributed by atoms with Gasteiger partial charge in [-0.05, 0) is 12.1 Å². The lowest BCUT2D eigenvalue weighted by Crippen LogP contribution is -2.28. The molecule has 134 valence electrons. The van der Waals surface area contributed by atoms with Crippen molar-refractivity contribution in [1.29, 1.82) is 0 Å². The third kappa shape index (κ3) is 3.98. The molecule has 0 aliphatic carbocycles. The molecule has 1 aromatic carbocycles. The van der Waals surface area contributed by atoms with Crippen LogP contribution in [0.2, 0.25) is 0 Å². The number of benzene rings is 1. The van der Waals surface area contributed by atoms with E-state index in [1.807, 2.05) is 12.1 Å². The van der Waals surface area contributed by atoms with Crippen LogP contribution in [0.4, 0.5) is 10.8 Å². The Morgan fingerprint density at radius 3 is 3.08 bits per heavy atom. The highest BCUT2D eigenvalue weighted by Gasteiger charge is 2.36. The Morgan fingerprint density at radius 1 is 1.50 bits per heavy atom. The van der Waals surface area contributed by atoms with Gasteiger partial charge in [0.1, 0.15) is 5.75 Å². The van der Waals surface area contributed by atoms with Crippen LogP contribution in [0.1, 0.15) is 6.42 Å². The number of anilines is 2. The molecule has 1 aliphatic heterocycles. The number of nitrogens with one attached hydrogen (secondary N) is 1. The van der Waals surface area contributed by atoms with E-state index in [4.69, 9.17) is 11.2 Å². The SMILES string of the molecule is C#CCSc1nnc(NC(=O)[C@H]2CC(=O)N(c3ccccc3OC)C2)s1. The number of rotatable bonds is 6. The molecule has 0 saturated carbocycles. The summed E-state index contributed by atoms with van der Waals surface area (Å²) in [5.41, 5.74) is 0.666. The van der Waals surface area contributed by atoms with Crippen LogP contribution < -0.4 is 15.0 Å². The summed E-state index contributed by atoms with van der Waals surface area (Å²) in [6.07, 6.45) is 5.35. The Labute approximate surface area is 159 Å². The highest BCUT2D eigenvalue weighted by molar-refractivity contribution is 8.01. The van der Waals surface area contributed by atoms with Crippen LogP contribution in [0, 0.1) is 18.3 Å². The molecule has 1 N–H and O–H groups in total. The molecule has 1 aliphatic rings. The fraction of sp³-hybridized carbons (Fsp3) is 0.294. The lowest BCUT2D eigenvalue weighted by Gasteiger charge is -2.19. The van der Waals surface area contributed by atoms with Gasteiger partial charge in [-0.25, -0.2) is 0 Å². The summed E-state index contributed by atoms with van der Waals surface area (Å²) in [6.45, 7) is 0.294. The molecule has 1 saturated heterocycles. The van der Waals surface area contributed by atoms with E-state index in [1.165, 1.54) is 23.1 Å². The van der Waals surface area contributed by atoms with Crippen LogP contribution in [-0.2, 0) is 9.59 Å². The molecule has 1 fully saturated rings. The van der Waals surface area contributed by atoms with Gasteiger partial charge in [0.2, 0.25) is 16.9 Å². The van der Waals surface area contributed by atoms with Crippen molar-refractivity contribution in [2.45, 2.75) is 10.8 Å². The minimum Gasteiger partial charge on any atom is -0.495 e. The van der Waals surface area contributed by atoms with Gasteiger partial charge in [0, 0.05) is 13.0 Å². The van der Waals surface area contributed by atoms with Crippen molar-refractivity contribution >= 4 is 45.7 Å².